The third kappa shape index (κ3) is 2.95. The van der Waals surface area contributed by atoms with Crippen LogP contribution in [-0.4, -0.2) is 55.0 Å². The molecule has 0 unspecified atom stereocenters. The fourth-order valence-corrected chi connectivity index (χ4v) is 2.63. The number of benzene rings is 1. The van der Waals surface area contributed by atoms with Crippen LogP contribution >= 0.6 is 0 Å². The Kier molecular flexibility index (Phi) is 4.77. The summed E-state index contributed by atoms with van der Waals surface area (Å²) in [5.74, 6) is -0.248. The topological polar surface area (TPSA) is 59.1 Å². The molecule has 1 aliphatic heterocycles. The Morgan fingerprint density at radius 2 is 1.61 bits per heavy atom. The van der Waals surface area contributed by atoms with E-state index < -0.39 is 17.9 Å². The summed E-state index contributed by atoms with van der Waals surface area (Å²) >= 11 is 0. The summed E-state index contributed by atoms with van der Waals surface area (Å²) in [4.78, 5) is 27.4. The van der Waals surface area contributed by atoms with E-state index in [1.54, 1.807) is 20.9 Å². The second-order valence-electron chi connectivity index (χ2n) is 5.57. The van der Waals surface area contributed by atoms with Crippen LogP contribution in [0.1, 0.15) is 19.4 Å². The first-order chi connectivity index (χ1) is 10.8. The number of methoxy groups -OCH3 is 2. The molecular weight excluding hydrogens is 303 g/mol. The highest BCUT2D eigenvalue weighted by molar-refractivity contribution is 5.96. The molecule has 1 fully saturated rings. The fourth-order valence-electron chi connectivity index (χ4n) is 2.63. The number of carbonyl (C=O) groups excluding carboxylic acids is 2. The van der Waals surface area contributed by atoms with Gasteiger partial charge in [-0.15, -0.1) is 0 Å². The zero-order valence-electron chi connectivity index (χ0n) is 13.9. The maximum absolute atomic E-state index is 14.3. The lowest BCUT2D eigenvalue weighted by Gasteiger charge is -2.41. The van der Waals surface area contributed by atoms with Crippen LogP contribution in [0.2, 0.25) is 0 Å². The lowest BCUT2D eigenvalue weighted by Crippen LogP contribution is -2.61. The molecule has 0 aromatic heterocycles. The molecule has 2 amide bonds. The summed E-state index contributed by atoms with van der Waals surface area (Å²) in [6.07, 6.45) is 0. The molecule has 0 N–H and O–H groups in total. The Labute approximate surface area is 134 Å². The Morgan fingerprint density at radius 1 is 1.04 bits per heavy atom. The number of hydrogen-bond donors (Lipinski definition) is 0. The van der Waals surface area contributed by atoms with Gasteiger partial charge in [-0.25, -0.2) is 4.39 Å². The van der Waals surface area contributed by atoms with Gasteiger partial charge in [0.25, 0.3) is 0 Å². The van der Waals surface area contributed by atoms with Crippen molar-refractivity contribution in [2.75, 3.05) is 21.3 Å². The summed E-state index contributed by atoms with van der Waals surface area (Å²) in [5.41, 5.74) is 0.271. The highest BCUT2D eigenvalue weighted by Gasteiger charge is 2.40. The first kappa shape index (κ1) is 17.1. The lowest BCUT2D eigenvalue weighted by molar-refractivity contribution is -0.159. The van der Waals surface area contributed by atoms with Gasteiger partial charge in [-0.2, -0.15) is 0 Å². The van der Waals surface area contributed by atoms with Crippen LogP contribution in [0.15, 0.2) is 12.1 Å². The number of nitrogens with zero attached hydrogens (tertiary/aromatic N) is 2. The van der Waals surface area contributed by atoms with Crippen molar-refractivity contribution in [1.29, 1.82) is 0 Å². The number of hydrogen-bond acceptors (Lipinski definition) is 4. The largest absolute Gasteiger partial charge is 0.493 e. The molecule has 0 aliphatic carbocycles. The van der Waals surface area contributed by atoms with Gasteiger partial charge in [0.15, 0.2) is 11.5 Å². The minimum Gasteiger partial charge on any atom is -0.493 e. The third-order valence-electron chi connectivity index (χ3n) is 4.29. The molecule has 23 heavy (non-hydrogen) atoms. The molecular formula is C16H21FN2O4. The average Bonchev–Trinajstić information content (AvgIpc) is 2.55. The van der Waals surface area contributed by atoms with Crippen molar-refractivity contribution in [2.45, 2.75) is 32.5 Å². The Hall–Kier alpha value is -2.31. The number of halogens is 1. The van der Waals surface area contributed by atoms with Crippen molar-refractivity contribution in [2.24, 2.45) is 0 Å². The SMILES string of the molecule is COc1cc(F)c(CN2C(=O)[C@H](C)N(C)C(=O)[C@@H]2C)cc1OC. The first-order valence-electron chi connectivity index (χ1n) is 7.29. The quantitative estimate of drug-likeness (QED) is 0.840. The van der Waals surface area contributed by atoms with Crippen molar-refractivity contribution in [3.63, 3.8) is 0 Å². The maximum atomic E-state index is 14.3. The van der Waals surface area contributed by atoms with Crippen LogP contribution in [0, 0.1) is 5.82 Å². The minimum atomic E-state index is -0.642. The molecule has 6 nitrogen and oxygen atoms in total. The van der Waals surface area contributed by atoms with Crippen molar-refractivity contribution in [3.05, 3.63) is 23.5 Å². The monoisotopic (exact) mass is 324 g/mol. The second-order valence-corrected chi connectivity index (χ2v) is 5.57. The summed E-state index contributed by atoms with van der Waals surface area (Å²) in [6.45, 7) is 3.29. The molecule has 2 rings (SSSR count). The molecule has 1 aromatic carbocycles. The minimum absolute atomic E-state index is 0.00386. The van der Waals surface area contributed by atoms with Gasteiger partial charge in [-0.05, 0) is 19.9 Å². The first-order valence-corrected chi connectivity index (χ1v) is 7.29. The summed E-state index contributed by atoms with van der Waals surface area (Å²) in [7, 11) is 4.47. The van der Waals surface area contributed by atoms with Crippen LogP contribution in [0.5, 0.6) is 11.5 Å². The van der Waals surface area contributed by atoms with E-state index in [-0.39, 0.29) is 29.7 Å². The van der Waals surface area contributed by atoms with Gasteiger partial charge in [0, 0.05) is 25.2 Å². The number of likely N-dealkylation sites (N-methyl/N-ethyl adjacent to an activating group) is 1. The Balaban J connectivity index is 2.34. The molecule has 0 radical (unpaired) electrons. The van der Waals surface area contributed by atoms with Crippen molar-refractivity contribution in [1.82, 2.24) is 9.80 Å². The van der Waals surface area contributed by atoms with Crippen LogP contribution in [-0.2, 0) is 16.1 Å². The number of ether oxygens (including phenoxy) is 2. The molecule has 2 atom stereocenters. The van der Waals surface area contributed by atoms with Gasteiger partial charge >= 0.3 is 0 Å². The zero-order chi connectivity index (χ0) is 17.3. The highest BCUT2D eigenvalue weighted by Crippen LogP contribution is 2.31. The zero-order valence-corrected chi connectivity index (χ0v) is 13.9. The molecule has 1 aromatic rings. The summed E-state index contributed by atoms with van der Waals surface area (Å²) in [5, 5.41) is 0. The Morgan fingerprint density at radius 3 is 2.17 bits per heavy atom. The van der Waals surface area contributed by atoms with E-state index in [1.165, 1.54) is 36.2 Å². The van der Waals surface area contributed by atoms with E-state index in [0.717, 1.165) is 0 Å². The average molecular weight is 324 g/mol. The van der Waals surface area contributed by atoms with Crippen LogP contribution in [0.4, 0.5) is 4.39 Å². The van der Waals surface area contributed by atoms with E-state index in [1.807, 2.05) is 0 Å². The molecule has 7 heteroatoms. The summed E-state index contributed by atoms with van der Waals surface area (Å²) in [6, 6.07) is 1.49. The number of amides is 2. The van der Waals surface area contributed by atoms with Gasteiger partial charge in [0.05, 0.1) is 14.2 Å². The van der Waals surface area contributed by atoms with E-state index in [0.29, 0.717) is 5.75 Å². The van der Waals surface area contributed by atoms with Gasteiger partial charge in [0.2, 0.25) is 11.8 Å². The van der Waals surface area contributed by atoms with Crippen LogP contribution in [0.25, 0.3) is 0 Å². The predicted octanol–water partition coefficient (Wildman–Crippen LogP) is 1.42. The smallest absolute Gasteiger partial charge is 0.246 e. The highest BCUT2D eigenvalue weighted by atomic mass is 19.1. The van der Waals surface area contributed by atoms with E-state index in [9.17, 15) is 14.0 Å². The van der Waals surface area contributed by atoms with Crippen molar-refractivity contribution in [3.8, 4) is 11.5 Å². The van der Waals surface area contributed by atoms with Crippen LogP contribution in [0.3, 0.4) is 0 Å². The van der Waals surface area contributed by atoms with Gasteiger partial charge < -0.3 is 19.3 Å². The molecule has 126 valence electrons. The van der Waals surface area contributed by atoms with Gasteiger partial charge in [-0.3, -0.25) is 9.59 Å². The Bertz CT molecular complexity index is 635. The van der Waals surface area contributed by atoms with Crippen molar-refractivity contribution < 1.29 is 23.5 Å². The van der Waals surface area contributed by atoms with Gasteiger partial charge in [0.1, 0.15) is 17.9 Å². The fraction of sp³-hybridized carbons (Fsp3) is 0.500. The molecule has 1 aliphatic rings. The lowest BCUT2D eigenvalue weighted by atomic mass is 10.1. The summed E-state index contributed by atoms with van der Waals surface area (Å²) < 4.78 is 24.5. The maximum Gasteiger partial charge on any atom is 0.246 e. The molecule has 0 bridgehead atoms. The normalized spacial score (nSPS) is 21.7. The molecule has 1 saturated heterocycles. The van der Waals surface area contributed by atoms with E-state index in [4.69, 9.17) is 9.47 Å². The molecule has 0 spiro atoms. The molecule has 1 heterocycles. The van der Waals surface area contributed by atoms with Crippen molar-refractivity contribution >= 4 is 11.8 Å². The van der Waals surface area contributed by atoms with E-state index >= 15 is 0 Å². The van der Waals surface area contributed by atoms with Gasteiger partial charge in [-0.1, -0.05) is 0 Å². The number of rotatable bonds is 4. The number of piperazine rings is 1. The predicted molar refractivity (Wildman–Crippen MR) is 81.7 cm³/mol. The standard InChI is InChI=1S/C16H21FN2O4/c1-9-16(21)19(10(2)15(20)18(9)3)8-11-6-13(22-4)14(23-5)7-12(11)17/h6-7,9-10H,8H2,1-5H3/t9-,10-/m0/s1. The van der Waals surface area contributed by atoms with Crippen LogP contribution < -0.4 is 9.47 Å². The van der Waals surface area contributed by atoms with E-state index in [2.05, 4.69) is 0 Å². The second kappa shape index (κ2) is 6.44. The molecule has 0 saturated carbocycles. The number of carbonyl (C=O) groups is 2. The third-order valence-corrected chi connectivity index (χ3v) is 4.29.